The van der Waals surface area contributed by atoms with Crippen LogP contribution in [-0.2, 0) is 0 Å². The van der Waals surface area contributed by atoms with Gasteiger partial charge in [-0.1, -0.05) is 194 Å². The molecule has 0 saturated heterocycles. The van der Waals surface area contributed by atoms with Crippen molar-refractivity contribution in [3.8, 4) is 33.6 Å². The number of thiophene rings is 1. The predicted octanol–water partition coefficient (Wildman–Crippen LogP) is 14.3. The van der Waals surface area contributed by atoms with Crippen molar-refractivity contribution in [2.75, 3.05) is 0 Å². The highest BCUT2D eigenvalue weighted by Gasteiger charge is 2.43. The quantitative estimate of drug-likeness (QED) is 0.112. The van der Waals surface area contributed by atoms with Gasteiger partial charge in [0.05, 0.1) is 49.8 Å². The Labute approximate surface area is 441 Å². The topological polar surface area (TPSA) is 44.5 Å². The van der Waals surface area contributed by atoms with Crippen LogP contribution in [0.1, 0.15) is 0 Å². The molecule has 0 spiro atoms. The molecule has 5 heterocycles. The average molecular weight is 1010 g/mol. The van der Waals surface area contributed by atoms with Crippen molar-refractivity contribution in [1.29, 1.82) is 0 Å². The van der Waals surface area contributed by atoms with Crippen LogP contribution in [0.15, 0.2) is 267 Å². The summed E-state index contributed by atoms with van der Waals surface area (Å²) >= 11 is 1.89. The summed E-state index contributed by atoms with van der Waals surface area (Å²) in [7, 11) is -3.20. The number of nitrogens with zero attached hydrogens (tertiary/aromatic N) is 6. The molecule has 0 aliphatic rings. The first-order valence-electron chi connectivity index (χ1n) is 25.8. The Hall–Kier alpha value is -9.60. The molecule has 0 radical (unpaired) electrons. The summed E-state index contributed by atoms with van der Waals surface area (Å²) in [6.07, 6.45) is 0. The van der Waals surface area contributed by atoms with Gasteiger partial charge in [-0.2, -0.15) is 0 Å². The van der Waals surface area contributed by atoms with Crippen LogP contribution in [0.5, 0.6) is 0 Å². The van der Waals surface area contributed by atoms with E-state index < -0.39 is 8.07 Å². The number of para-hydroxylation sites is 6. The van der Waals surface area contributed by atoms with Crippen molar-refractivity contribution >= 4 is 116 Å². The van der Waals surface area contributed by atoms with Crippen molar-refractivity contribution in [3.05, 3.63) is 267 Å². The molecule has 0 aliphatic carbocycles. The Morgan fingerprint density at radius 2 is 0.803 bits per heavy atom. The van der Waals surface area contributed by atoms with E-state index in [0.29, 0.717) is 0 Å². The van der Waals surface area contributed by atoms with Gasteiger partial charge in [0.15, 0.2) is 8.07 Å². The van der Waals surface area contributed by atoms with Crippen LogP contribution < -0.4 is 20.7 Å². The van der Waals surface area contributed by atoms with E-state index in [4.69, 9.17) is 9.97 Å². The first kappa shape index (κ1) is 42.9. The van der Waals surface area contributed by atoms with Crippen LogP contribution in [0.4, 0.5) is 0 Å². The van der Waals surface area contributed by atoms with Crippen LogP contribution in [-0.4, -0.2) is 36.0 Å². The molecule has 0 saturated carbocycles. The van der Waals surface area contributed by atoms with Crippen molar-refractivity contribution in [2.24, 2.45) is 0 Å². The fourth-order valence-electron chi connectivity index (χ4n) is 12.6. The van der Waals surface area contributed by atoms with Crippen molar-refractivity contribution in [3.63, 3.8) is 0 Å². The highest BCUT2D eigenvalue weighted by molar-refractivity contribution is 7.26. The third kappa shape index (κ3) is 6.13. The molecule has 16 aromatic rings. The monoisotopic (exact) mass is 1000 g/mol. The summed E-state index contributed by atoms with van der Waals surface area (Å²) in [5.41, 5.74) is 15.4. The summed E-state index contributed by atoms with van der Waals surface area (Å²) in [4.78, 5) is 10.7. The average Bonchev–Trinajstić information content (AvgIpc) is 4.36. The van der Waals surface area contributed by atoms with Gasteiger partial charge in [-0.05, 0) is 110 Å². The molecule has 6 nitrogen and oxygen atoms in total. The summed E-state index contributed by atoms with van der Waals surface area (Å²) < 4.78 is 11.9. The zero-order valence-corrected chi connectivity index (χ0v) is 42.8. The van der Waals surface area contributed by atoms with Crippen molar-refractivity contribution in [2.45, 2.75) is 0 Å². The van der Waals surface area contributed by atoms with E-state index in [0.717, 1.165) is 67.1 Å². The van der Waals surface area contributed by atoms with Gasteiger partial charge in [-0.3, -0.25) is 17.9 Å². The number of benzene rings is 11. The molecule has 0 fully saturated rings. The van der Waals surface area contributed by atoms with Crippen LogP contribution >= 0.6 is 11.3 Å². The smallest absolute Gasteiger partial charge is 0.220 e. The fraction of sp³-hybridized carbons (Fsp3) is 0. The Bertz CT molecular complexity index is 4920. The van der Waals surface area contributed by atoms with Crippen molar-refractivity contribution in [1.82, 2.24) is 27.9 Å². The summed E-state index contributed by atoms with van der Waals surface area (Å²) in [6.45, 7) is 0. The first-order chi connectivity index (χ1) is 37.7. The van der Waals surface area contributed by atoms with Gasteiger partial charge >= 0.3 is 0 Å². The highest BCUT2D eigenvalue weighted by atomic mass is 32.1. The Balaban J connectivity index is 0.950. The largest absolute Gasteiger partial charge is 0.278 e. The van der Waals surface area contributed by atoms with Gasteiger partial charge in [0.2, 0.25) is 11.6 Å². The Kier molecular flexibility index (Phi) is 9.42. The maximum absolute atomic E-state index is 5.46. The van der Waals surface area contributed by atoms with Crippen molar-refractivity contribution < 1.29 is 0 Å². The summed E-state index contributed by atoms with van der Waals surface area (Å²) in [5.74, 6) is 1.74. The van der Waals surface area contributed by atoms with Crippen LogP contribution in [0.2, 0.25) is 0 Å². The maximum atomic E-state index is 5.46. The molecule has 16 rings (SSSR count). The van der Waals surface area contributed by atoms with Gasteiger partial charge in [0, 0.05) is 31.4 Å². The molecule has 5 aromatic heterocycles. The second-order valence-corrected chi connectivity index (χ2v) is 24.5. The lowest BCUT2D eigenvalue weighted by Crippen LogP contribution is -2.75. The lowest BCUT2D eigenvalue weighted by atomic mass is 9.93. The van der Waals surface area contributed by atoms with E-state index in [1.54, 1.807) is 0 Å². The highest BCUT2D eigenvalue weighted by Crippen LogP contribution is 2.43. The van der Waals surface area contributed by atoms with Gasteiger partial charge in [-0.25, -0.2) is 9.97 Å². The Morgan fingerprint density at radius 1 is 0.316 bits per heavy atom. The van der Waals surface area contributed by atoms with Gasteiger partial charge < -0.3 is 0 Å². The molecule has 0 atom stereocenters. The zero-order valence-electron chi connectivity index (χ0n) is 41.0. The maximum Gasteiger partial charge on any atom is 0.220 e. The second-order valence-electron chi connectivity index (χ2n) is 19.7. The number of aromatic nitrogens is 6. The molecule has 0 bridgehead atoms. The van der Waals surface area contributed by atoms with E-state index in [9.17, 15) is 0 Å². The molecular formula is C68H44N6SSi. The standard InChI is InChI=1S/C68H44N6SSi/c1-3-22-47(23-4-1)76(48-24-5-2-6-25-48,65-40-18-10-30-53(65)50-27-7-8-28-51(50)54-31-20-32-55-52-29-9-17-39-64(52)75-66(54)55)49-26-19-21-45(43-49)71-62-42-41-46(44-63(62)74-59-36-14-12-34-57(59)70-68(71)74)72-60-37-15-16-38-61(60)73-58-35-13-11-33-56(58)69-67(72)73/h1-44H. The molecular weight excluding hydrogens is 961 g/mol. The molecule has 356 valence electrons. The fourth-order valence-corrected chi connectivity index (χ4v) is 18.8. The van der Waals surface area contributed by atoms with E-state index in [2.05, 4.69) is 285 Å². The summed E-state index contributed by atoms with van der Waals surface area (Å²) in [6, 6.07) is 98.3. The van der Waals surface area contributed by atoms with E-state index in [-0.39, 0.29) is 0 Å². The van der Waals surface area contributed by atoms with E-state index in [1.165, 1.54) is 63.2 Å². The van der Waals surface area contributed by atoms with Crippen LogP contribution in [0.25, 0.3) is 109 Å². The van der Waals surface area contributed by atoms with Gasteiger partial charge in [-0.15, -0.1) is 11.3 Å². The molecule has 0 unspecified atom stereocenters. The van der Waals surface area contributed by atoms with E-state index >= 15 is 0 Å². The SMILES string of the molecule is c1ccc([Si](c2ccccc2)(c2cccc(-n3c4ccc(-n5c6ccccc6n6c7ccccc7nc56)cc4n4c5ccccc5nc34)c2)c2ccccc2-c2ccccc2-c2cccc3c2sc2ccccc23)cc1. The summed E-state index contributed by atoms with van der Waals surface area (Å²) in [5, 5.41) is 7.83. The zero-order chi connectivity index (χ0) is 49.9. The third-order valence-corrected chi connectivity index (χ3v) is 21.8. The number of hydrogen-bond acceptors (Lipinski definition) is 3. The molecule has 76 heavy (non-hydrogen) atoms. The minimum absolute atomic E-state index is 0.857. The number of hydrogen-bond donors (Lipinski definition) is 0. The minimum atomic E-state index is -3.20. The molecule has 11 aromatic carbocycles. The molecule has 8 heteroatoms. The third-order valence-electron chi connectivity index (χ3n) is 15.7. The molecule has 0 N–H and O–H groups in total. The number of rotatable bonds is 8. The minimum Gasteiger partial charge on any atom is -0.278 e. The first-order valence-corrected chi connectivity index (χ1v) is 28.6. The normalized spacial score (nSPS) is 12.2. The Morgan fingerprint density at radius 3 is 1.51 bits per heavy atom. The van der Waals surface area contributed by atoms with Gasteiger partial charge in [0.1, 0.15) is 0 Å². The number of fused-ring (bicyclic) bond motifs is 13. The van der Waals surface area contributed by atoms with Gasteiger partial charge in [0.25, 0.3) is 0 Å². The van der Waals surface area contributed by atoms with E-state index in [1.807, 2.05) is 11.3 Å². The van der Waals surface area contributed by atoms with Crippen LogP contribution in [0.3, 0.4) is 0 Å². The van der Waals surface area contributed by atoms with Crippen LogP contribution in [0, 0.1) is 0 Å². The lowest BCUT2D eigenvalue weighted by Gasteiger charge is -2.36. The second kappa shape index (κ2) is 16.7. The number of imidazole rings is 4. The lowest BCUT2D eigenvalue weighted by molar-refractivity contribution is 1.11. The molecule has 0 amide bonds. The molecule has 0 aliphatic heterocycles. The predicted molar refractivity (Wildman–Crippen MR) is 320 cm³/mol.